The third-order valence-corrected chi connectivity index (χ3v) is 4.05. The van der Waals surface area contributed by atoms with Gasteiger partial charge in [0.05, 0.1) is 0 Å². The molecule has 2 aromatic rings. The van der Waals surface area contributed by atoms with Crippen LogP contribution in [0.4, 0.5) is 0 Å². The summed E-state index contributed by atoms with van der Waals surface area (Å²) in [5.74, 6) is 0.865. The highest BCUT2D eigenvalue weighted by Gasteiger charge is 2.05. The topological polar surface area (TPSA) is 32.7 Å². The first-order valence-electron chi connectivity index (χ1n) is 9.19. The minimum absolute atomic E-state index is 0.253. The summed E-state index contributed by atoms with van der Waals surface area (Å²) in [6.07, 6.45) is 7.94. The summed E-state index contributed by atoms with van der Waals surface area (Å²) in [7, 11) is 0. The van der Waals surface area contributed by atoms with Gasteiger partial charge in [-0.3, -0.25) is 4.90 Å². The molecule has 0 aliphatic heterocycles. The molecule has 138 valence electrons. The minimum atomic E-state index is 0.253. The quantitative estimate of drug-likeness (QED) is 0.450. The van der Waals surface area contributed by atoms with Gasteiger partial charge in [-0.15, -0.1) is 0 Å². The summed E-state index contributed by atoms with van der Waals surface area (Å²) in [5.41, 5.74) is 2.47. The van der Waals surface area contributed by atoms with E-state index in [1.165, 1.54) is 11.1 Å². The molecule has 0 radical (unpaired) electrons. The van der Waals surface area contributed by atoms with Crippen molar-refractivity contribution in [1.29, 1.82) is 0 Å². The van der Waals surface area contributed by atoms with E-state index in [-0.39, 0.29) is 6.61 Å². The number of nitrogens with zero attached hydrogens (tertiary/aromatic N) is 1. The SMILES string of the molecule is C=CCOc1ccc(CN(C/C=C/c2ccccc2)CCCCO)cc1. The first-order chi connectivity index (χ1) is 12.8. The van der Waals surface area contributed by atoms with Gasteiger partial charge in [0.2, 0.25) is 0 Å². The number of hydrogen-bond donors (Lipinski definition) is 1. The van der Waals surface area contributed by atoms with E-state index < -0.39 is 0 Å². The summed E-state index contributed by atoms with van der Waals surface area (Å²) in [6, 6.07) is 18.6. The van der Waals surface area contributed by atoms with Crippen LogP contribution < -0.4 is 4.74 Å². The van der Waals surface area contributed by atoms with Gasteiger partial charge in [-0.2, -0.15) is 0 Å². The van der Waals surface area contributed by atoms with Crippen molar-refractivity contribution in [2.75, 3.05) is 26.3 Å². The van der Waals surface area contributed by atoms with Crippen LogP contribution in [0.25, 0.3) is 6.08 Å². The largest absolute Gasteiger partial charge is 0.490 e. The predicted octanol–water partition coefficient (Wildman–Crippen LogP) is 4.54. The summed E-state index contributed by atoms with van der Waals surface area (Å²) in [5, 5.41) is 9.04. The number of benzene rings is 2. The second-order valence-electron chi connectivity index (χ2n) is 6.22. The van der Waals surface area contributed by atoms with Crippen molar-refractivity contribution in [2.45, 2.75) is 19.4 Å². The molecule has 3 nitrogen and oxygen atoms in total. The lowest BCUT2D eigenvalue weighted by Gasteiger charge is -2.21. The van der Waals surface area contributed by atoms with E-state index in [0.717, 1.165) is 38.2 Å². The van der Waals surface area contributed by atoms with Crippen LogP contribution in [-0.2, 0) is 6.54 Å². The first-order valence-corrected chi connectivity index (χ1v) is 9.19. The van der Waals surface area contributed by atoms with Crippen molar-refractivity contribution in [1.82, 2.24) is 4.90 Å². The van der Waals surface area contributed by atoms with Crippen LogP contribution in [0.1, 0.15) is 24.0 Å². The van der Waals surface area contributed by atoms with Crippen LogP contribution in [-0.4, -0.2) is 36.3 Å². The Morgan fingerprint density at radius 2 is 1.77 bits per heavy atom. The molecule has 0 aliphatic rings. The molecule has 2 aromatic carbocycles. The van der Waals surface area contributed by atoms with Gasteiger partial charge < -0.3 is 9.84 Å². The van der Waals surface area contributed by atoms with Gasteiger partial charge in [0.1, 0.15) is 12.4 Å². The smallest absolute Gasteiger partial charge is 0.119 e. The lowest BCUT2D eigenvalue weighted by atomic mass is 10.2. The molecule has 0 amide bonds. The van der Waals surface area contributed by atoms with E-state index in [4.69, 9.17) is 9.84 Å². The fraction of sp³-hybridized carbons (Fsp3) is 0.304. The maximum Gasteiger partial charge on any atom is 0.119 e. The van der Waals surface area contributed by atoms with E-state index in [1.807, 2.05) is 18.2 Å². The van der Waals surface area contributed by atoms with Crippen molar-refractivity contribution in [3.63, 3.8) is 0 Å². The maximum atomic E-state index is 9.04. The van der Waals surface area contributed by atoms with E-state index in [9.17, 15) is 0 Å². The number of unbranched alkanes of at least 4 members (excludes halogenated alkanes) is 1. The Morgan fingerprint density at radius 3 is 2.46 bits per heavy atom. The number of rotatable bonds is 12. The normalized spacial score (nSPS) is 11.2. The zero-order valence-corrected chi connectivity index (χ0v) is 15.4. The third-order valence-electron chi connectivity index (χ3n) is 4.05. The molecule has 0 saturated carbocycles. The van der Waals surface area contributed by atoms with Crippen LogP contribution in [0.2, 0.25) is 0 Å². The molecule has 2 rings (SSSR count). The third kappa shape index (κ3) is 7.68. The summed E-state index contributed by atoms with van der Waals surface area (Å²) < 4.78 is 5.54. The van der Waals surface area contributed by atoms with Gasteiger partial charge >= 0.3 is 0 Å². The maximum absolute atomic E-state index is 9.04. The van der Waals surface area contributed by atoms with Crippen LogP contribution >= 0.6 is 0 Å². The monoisotopic (exact) mass is 351 g/mol. The molecule has 0 aromatic heterocycles. The number of aliphatic hydroxyl groups is 1. The van der Waals surface area contributed by atoms with Gasteiger partial charge in [-0.1, -0.05) is 67.3 Å². The second kappa shape index (κ2) is 12.1. The second-order valence-corrected chi connectivity index (χ2v) is 6.22. The fourth-order valence-electron chi connectivity index (χ4n) is 2.69. The van der Waals surface area contributed by atoms with E-state index in [1.54, 1.807) is 6.08 Å². The van der Waals surface area contributed by atoms with Crippen LogP contribution in [0.15, 0.2) is 73.3 Å². The van der Waals surface area contributed by atoms with Crippen LogP contribution in [0.3, 0.4) is 0 Å². The van der Waals surface area contributed by atoms with Crippen molar-refractivity contribution >= 4 is 6.08 Å². The molecule has 1 N–H and O–H groups in total. The summed E-state index contributed by atoms with van der Waals surface area (Å²) in [4.78, 5) is 2.40. The Morgan fingerprint density at radius 1 is 1.00 bits per heavy atom. The van der Waals surface area contributed by atoms with Gasteiger partial charge in [0.15, 0.2) is 0 Å². The number of ether oxygens (including phenoxy) is 1. The molecule has 0 unspecified atom stereocenters. The predicted molar refractivity (Wildman–Crippen MR) is 109 cm³/mol. The molecule has 0 heterocycles. The Labute approximate surface area is 157 Å². The molecule has 3 heteroatoms. The van der Waals surface area contributed by atoms with Crippen molar-refractivity contribution < 1.29 is 9.84 Å². The molecule has 0 bridgehead atoms. The highest BCUT2D eigenvalue weighted by molar-refractivity contribution is 5.48. The highest BCUT2D eigenvalue weighted by Crippen LogP contribution is 2.14. The van der Waals surface area contributed by atoms with Gasteiger partial charge in [0.25, 0.3) is 0 Å². The zero-order chi connectivity index (χ0) is 18.5. The Hall–Kier alpha value is -2.36. The average Bonchev–Trinajstić information content (AvgIpc) is 2.68. The molecular formula is C23H29NO2. The lowest BCUT2D eigenvalue weighted by molar-refractivity contribution is 0.250. The fourth-order valence-corrected chi connectivity index (χ4v) is 2.69. The summed E-state index contributed by atoms with van der Waals surface area (Å²) >= 11 is 0. The highest BCUT2D eigenvalue weighted by atomic mass is 16.5. The number of aliphatic hydroxyl groups excluding tert-OH is 1. The first kappa shape index (κ1) is 20.0. The molecule has 26 heavy (non-hydrogen) atoms. The van der Waals surface area contributed by atoms with E-state index >= 15 is 0 Å². The molecular weight excluding hydrogens is 322 g/mol. The number of hydrogen-bond acceptors (Lipinski definition) is 3. The summed E-state index contributed by atoms with van der Waals surface area (Å²) in [6.45, 7) is 7.17. The standard InChI is InChI=1S/C23H29NO2/c1-2-19-26-23-14-12-22(13-15-23)20-24(16-6-7-18-25)17-8-11-21-9-4-3-5-10-21/h2-5,8-15,25H,1,6-7,16-20H2/b11-8+. The Balaban J connectivity index is 1.92. The van der Waals surface area contributed by atoms with Gasteiger partial charge in [0, 0.05) is 19.7 Å². The zero-order valence-electron chi connectivity index (χ0n) is 15.4. The molecule has 0 saturated heterocycles. The molecule has 0 aliphatic carbocycles. The molecule has 0 atom stereocenters. The van der Waals surface area contributed by atoms with Crippen molar-refractivity contribution in [2.24, 2.45) is 0 Å². The van der Waals surface area contributed by atoms with Gasteiger partial charge in [-0.05, 0) is 42.6 Å². The Kier molecular flexibility index (Phi) is 9.26. The average molecular weight is 351 g/mol. The lowest BCUT2D eigenvalue weighted by Crippen LogP contribution is -2.24. The molecule has 0 fully saturated rings. The van der Waals surface area contributed by atoms with Crippen LogP contribution in [0, 0.1) is 0 Å². The minimum Gasteiger partial charge on any atom is -0.490 e. The van der Waals surface area contributed by atoms with E-state index in [2.05, 4.69) is 60.0 Å². The van der Waals surface area contributed by atoms with Gasteiger partial charge in [-0.25, -0.2) is 0 Å². The molecule has 0 spiro atoms. The van der Waals surface area contributed by atoms with E-state index in [0.29, 0.717) is 6.61 Å². The van der Waals surface area contributed by atoms with Crippen molar-refractivity contribution in [3.8, 4) is 5.75 Å². The Bertz CT molecular complexity index is 650. The van der Waals surface area contributed by atoms with Crippen molar-refractivity contribution in [3.05, 3.63) is 84.5 Å². The van der Waals surface area contributed by atoms with Crippen LogP contribution in [0.5, 0.6) is 5.75 Å².